The highest BCUT2D eigenvalue weighted by Crippen LogP contribution is 2.25. The molecule has 114 valence electrons. The molecule has 2 heterocycles. The molecule has 21 heavy (non-hydrogen) atoms. The van der Waals surface area contributed by atoms with Crippen LogP contribution in [0.1, 0.15) is 31.7 Å². The first-order chi connectivity index (χ1) is 10.2. The van der Waals surface area contributed by atoms with E-state index in [-0.39, 0.29) is 0 Å². The quantitative estimate of drug-likeness (QED) is 0.846. The fourth-order valence-electron chi connectivity index (χ4n) is 2.37. The van der Waals surface area contributed by atoms with E-state index < -0.39 is 0 Å². The van der Waals surface area contributed by atoms with Gasteiger partial charge in [-0.1, -0.05) is 13.3 Å². The Morgan fingerprint density at radius 2 is 2.05 bits per heavy atom. The van der Waals surface area contributed by atoms with Gasteiger partial charge in [-0.25, -0.2) is 15.0 Å². The molecule has 0 spiro atoms. The van der Waals surface area contributed by atoms with Crippen LogP contribution in [0, 0.1) is 0 Å². The fourth-order valence-corrected chi connectivity index (χ4v) is 2.37. The van der Waals surface area contributed by atoms with Crippen molar-refractivity contribution in [3.8, 4) is 0 Å². The van der Waals surface area contributed by atoms with Gasteiger partial charge in [-0.15, -0.1) is 0 Å². The summed E-state index contributed by atoms with van der Waals surface area (Å²) in [5.74, 6) is 2.94. The third-order valence-electron chi connectivity index (χ3n) is 3.43. The van der Waals surface area contributed by atoms with Gasteiger partial charge in [0.1, 0.15) is 23.8 Å². The number of aromatic nitrogens is 4. The second-order valence-electron chi connectivity index (χ2n) is 5.12. The van der Waals surface area contributed by atoms with Gasteiger partial charge in [0.2, 0.25) is 0 Å². The number of hydrogen-bond donors (Lipinski definition) is 1. The average molecular weight is 288 g/mol. The van der Waals surface area contributed by atoms with E-state index in [2.05, 4.69) is 39.0 Å². The summed E-state index contributed by atoms with van der Waals surface area (Å²) >= 11 is 0. The maximum absolute atomic E-state index is 4.49. The summed E-state index contributed by atoms with van der Waals surface area (Å²) in [6.07, 6.45) is 7.43. The minimum Gasteiger partial charge on any atom is -0.370 e. The standard InChI is InChI=1S/C15H24N6/c1-5-7-12-14(16-6-2)18-11-19-15(12)21(4)10-13-17-8-9-20(13)3/h8-9,11H,5-7,10H2,1-4H3,(H,16,18,19). The van der Waals surface area contributed by atoms with Crippen LogP contribution in [-0.4, -0.2) is 33.1 Å². The Morgan fingerprint density at radius 1 is 1.24 bits per heavy atom. The summed E-state index contributed by atoms with van der Waals surface area (Å²) in [5, 5.41) is 3.33. The summed E-state index contributed by atoms with van der Waals surface area (Å²) < 4.78 is 2.03. The zero-order valence-corrected chi connectivity index (χ0v) is 13.3. The Balaban J connectivity index is 2.28. The van der Waals surface area contributed by atoms with E-state index in [1.807, 2.05) is 31.1 Å². The van der Waals surface area contributed by atoms with Gasteiger partial charge in [0, 0.05) is 38.6 Å². The van der Waals surface area contributed by atoms with Gasteiger partial charge in [-0.3, -0.25) is 0 Å². The van der Waals surface area contributed by atoms with E-state index in [1.165, 1.54) is 5.56 Å². The lowest BCUT2D eigenvalue weighted by Crippen LogP contribution is -2.22. The molecule has 0 aromatic carbocycles. The molecule has 0 aliphatic rings. The molecule has 0 amide bonds. The molecule has 0 saturated carbocycles. The molecule has 0 bridgehead atoms. The predicted molar refractivity (Wildman–Crippen MR) is 85.5 cm³/mol. The zero-order chi connectivity index (χ0) is 15.2. The second kappa shape index (κ2) is 7.06. The summed E-state index contributed by atoms with van der Waals surface area (Å²) in [6.45, 7) is 5.83. The second-order valence-corrected chi connectivity index (χ2v) is 5.12. The van der Waals surface area contributed by atoms with Crippen molar-refractivity contribution in [1.82, 2.24) is 19.5 Å². The molecule has 0 atom stereocenters. The number of nitrogens with one attached hydrogen (secondary N) is 1. The minimum atomic E-state index is 0.725. The Bertz CT molecular complexity index is 577. The SMILES string of the molecule is CCCc1c(NCC)ncnc1N(C)Cc1nccn1C. The van der Waals surface area contributed by atoms with Crippen LogP contribution in [0.4, 0.5) is 11.6 Å². The average Bonchev–Trinajstić information content (AvgIpc) is 2.86. The summed E-state index contributed by atoms with van der Waals surface area (Å²) in [6, 6.07) is 0. The predicted octanol–water partition coefficient (Wildman–Crippen LogP) is 2.23. The molecule has 6 nitrogen and oxygen atoms in total. The van der Waals surface area contributed by atoms with E-state index in [0.717, 1.165) is 43.4 Å². The van der Waals surface area contributed by atoms with E-state index in [9.17, 15) is 0 Å². The first kappa shape index (κ1) is 15.3. The largest absolute Gasteiger partial charge is 0.370 e. The van der Waals surface area contributed by atoms with Gasteiger partial charge >= 0.3 is 0 Å². The van der Waals surface area contributed by atoms with Crippen molar-refractivity contribution in [2.45, 2.75) is 33.2 Å². The first-order valence-electron chi connectivity index (χ1n) is 7.42. The zero-order valence-electron chi connectivity index (χ0n) is 13.3. The number of rotatable bonds is 7. The fraction of sp³-hybridized carbons (Fsp3) is 0.533. The molecule has 0 radical (unpaired) electrons. The Kier molecular flexibility index (Phi) is 5.14. The van der Waals surface area contributed by atoms with Crippen LogP contribution in [0.15, 0.2) is 18.7 Å². The molecule has 6 heteroatoms. The summed E-state index contributed by atoms with van der Waals surface area (Å²) in [4.78, 5) is 15.4. The first-order valence-corrected chi connectivity index (χ1v) is 7.42. The Morgan fingerprint density at radius 3 is 2.67 bits per heavy atom. The molecule has 2 rings (SSSR count). The monoisotopic (exact) mass is 288 g/mol. The van der Waals surface area contributed by atoms with Crippen LogP contribution in [0.3, 0.4) is 0 Å². The van der Waals surface area contributed by atoms with Crippen molar-refractivity contribution in [2.24, 2.45) is 7.05 Å². The molecule has 0 fully saturated rings. The van der Waals surface area contributed by atoms with E-state index in [0.29, 0.717) is 0 Å². The van der Waals surface area contributed by atoms with E-state index >= 15 is 0 Å². The number of hydrogen-bond acceptors (Lipinski definition) is 5. The van der Waals surface area contributed by atoms with Crippen molar-refractivity contribution in [1.29, 1.82) is 0 Å². The molecular weight excluding hydrogens is 264 g/mol. The molecular formula is C15H24N6. The van der Waals surface area contributed by atoms with Crippen LogP contribution >= 0.6 is 0 Å². The molecule has 0 unspecified atom stereocenters. The third kappa shape index (κ3) is 3.51. The highest BCUT2D eigenvalue weighted by molar-refractivity contribution is 5.58. The van der Waals surface area contributed by atoms with Crippen LogP contribution in [0.5, 0.6) is 0 Å². The van der Waals surface area contributed by atoms with Gasteiger partial charge < -0.3 is 14.8 Å². The Labute approximate surface area is 126 Å². The van der Waals surface area contributed by atoms with Crippen molar-refractivity contribution in [2.75, 3.05) is 23.8 Å². The Hall–Kier alpha value is -2.11. The van der Waals surface area contributed by atoms with Crippen LogP contribution < -0.4 is 10.2 Å². The molecule has 2 aromatic rings. The van der Waals surface area contributed by atoms with Gasteiger partial charge in [0.25, 0.3) is 0 Å². The third-order valence-corrected chi connectivity index (χ3v) is 3.43. The number of imidazole rings is 1. The topological polar surface area (TPSA) is 58.9 Å². The lowest BCUT2D eigenvalue weighted by molar-refractivity contribution is 0.747. The molecule has 0 aliphatic heterocycles. The van der Waals surface area contributed by atoms with Gasteiger partial charge in [0.15, 0.2) is 0 Å². The van der Waals surface area contributed by atoms with Crippen molar-refractivity contribution < 1.29 is 0 Å². The molecule has 0 saturated heterocycles. The summed E-state index contributed by atoms with van der Waals surface area (Å²) in [5.41, 5.74) is 1.18. The van der Waals surface area contributed by atoms with Crippen molar-refractivity contribution in [3.05, 3.63) is 30.1 Å². The van der Waals surface area contributed by atoms with E-state index in [1.54, 1.807) is 6.33 Å². The number of anilines is 2. The van der Waals surface area contributed by atoms with Crippen LogP contribution in [0.25, 0.3) is 0 Å². The van der Waals surface area contributed by atoms with Gasteiger partial charge in [-0.2, -0.15) is 0 Å². The lowest BCUT2D eigenvalue weighted by Gasteiger charge is -2.22. The lowest BCUT2D eigenvalue weighted by atomic mass is 10.1. The summed E-state index contributed by atoms with van der Waals surface area (Å²) in [7, 11) is 4.05. The minimum absolute atomic E-state index is 0.725. The number of nitrogens with zero attached hydrogens (tertiary/aromatic N) is 5. The van der Waals surface area contributed by atoms with Crippen molar-refractivity contribution >= 4 is 11.6 Å². The van der Waals surface area contributed by atoms with Crippen LogP contribution in [0.2, 0.25) is 0 Å². The van der Waals surface area contributed by atoms with Gasteiger partial charge in [0.05, 0.1) is 6.54 Å². The number of aryl methyl sites for hydroxylation is 1. The van der Waals surface area contributed by atoms with Gasteiger partial charge in [-0.05, 0) is 13.3 Å². The maximum Gasteiger partial charge on any atom is 0.137 e. The smallest absolute Gasteiger partial charge is 0.137 e. The normalized spacial score (nSPS) is 10.7. The highest BCUT2D eigenvalue weighted by atomic mass is 15.2. The highest BCUT2D eigenvalue weighted by Gasteiger charge is 2.15. The molecule has 0 aliphatic carbocycles. The molecule has 1 N–H and O–H groups in total. The van der Waals surface area contributed by atoms with E-state index in [4.69, 9.17) is 0 Å². The maximum atomic E-state index is 4.49. The van der Waals surface area contributed by atoms with Crippen LogP contribution in [-0.2, 0) is 20.0 Å². The van der Waals surface area contributed by atoms with Crippen molar-refractivity contribution in [3.63, 3.8) is 0 Å². The molecule has 2 aromatic heterocycles.